The maximum Gasteiger partial charge on any atom is 0.344 e. The summed E-state index contributed by atoms with van der Waals surface area (Å²) < 4.78 is 10.0. The molecule has 0 aromatic heterocycles. The summed E-state index contributed by atoms with van der Waals surface area (Å²) in [5.74, 6) is -0.230. The Hall–Kier alpha value is 0.730. The first-order chi connectivity index (χ1) is 3.48. The first-order valence-corrected chi connectivity index (χ1v) is 4.39. The fourth-order valence-corrected chi connectivity index (χ4v) is 0.809. The fourth-order valence-electron chi connectivity index (χ4n) is 0.0899. The Bertz CT molecular complexity index is 110. The van der Waals surface area contributed by atoms with E-state index in [0.29, 0.717) is 0 Å². The lowest BCUT2D eigenvalue weighted by atomic mass is 10.9. The van der Waals surface area contributed by atoms with Gasteiger partial charge in [-0.25, -0.2) is 0 Å². The van der Waals surface area contributed by atoms with E-state index in [0.717, 1.165) is 0 Å². The van der Waals surface area contributed by atoms with Crippen LogP contribution in [0.1, 0.15) is 0 Å². The van der Waals surface area contributed by atoms with Gasteiger partial charge >= 0.3 is 7.60 Å². The summed E-state index contributed by atoms with van der Waals surface area (Å²) in [5.41, 5.74) is 0. The molecule has 0 saturated carbocycles. The molecule has 3 nitrogen and oxygen atoms in total. The number of hydrogen-bond acceptors (Lipinski definition) is 1. The molecule has 0 aliphatic rings. The van der Waals surface area contributed by atoms with E-state index in [2.05, 4.69) is 0 Å². The third-order valence-corrected chi connectivity index (χ3v) is 3.00. The van der Waals surface area contributed by atoms with Crippen molar-refractivity contribution in [2.45, 2.75) is 5.12 Å². The summed E-state index contributed by atoms with van der Waals surface area (Å²) >= 11 is 10.1. The maximum absolute atomic E-state index is 10.0. The van der Waals surface area contributed by atoms with Crippen LogP contribution in [-0.2, 0) is 4.57 Å². The van der Waals surface area contributed by atoms with Crippen molar-refractivity contribution >= 4 is 30.8 Å². The standard InChI is InChI=1S/C2H5Cl2O3P/c3-1-2(4)8(5,6)7/h2H,1H2,(H2,5,6,7). The highest BCUT2D eigenvalue weighted by Gasteiger charge is 2.24. The van der Waals surface area contributed by atoms with E-state index in [9.17, 15) is 4.57 Å². The van der Waals surface area contributed by atoms with E-state index in [1.807, 2.05) is 0 Å². The molecule has 0 aliphatic carbocycles. The van der Waals surface area contributed by atoms with Gasteiger partial charge in [0.15, 0.2) is 0 Å². The molecule has 8 heavy (non-hydrogen) atoms. The van der Waals surface area contributed by atoms with Crippen molar-refractivity contribution in [3.05, 3.63) is 0 Å². The minimum Gasteiger partial charge on any atom is -0.323 e. The summed E-state index contributed by atoms with van der Waals surface area (Å²) in [6.45, 7) is 0. The van der Waals surface area contributed by atoms with Crippen LogP contribution in [0.3, 0.4) is 0 Å². The number of alkyl halides is 2. The van der Waals surface area contributed by atoms with Gasteiger partial charge in [0.25, 0.3) is 0 Å². The Kier molecular flexibility index (Phi) is 3.32. The van der Waals surface area contributed by atoms with Crippen LogP contribution in [0.25, 0.3) is 0 Å². The van der Waals surface area contributed by atoms with Crippen molar-refractivity contribution in [1.82, 2.24) is 0 Å². The molecule has 0 aliphatic heterocycles. The van der Waals surface area contributed by atoms with Crippen LogP contribution in [-0.4, -0.2) is 20.8 Å². The maximum atomic E-state index is 10.0. The molecule has 0 bridgehead atoms. The Balaban J connectivity index is 3.82. The van der Waals surface area contributed by atoms with E-state index in [4.69, 9.17) is 33.0 Å². The van der Waals surface area contributed by atoms with E-state index in [-0.39, 0.29) is 5.88 Å². The highest BCUT2D eigenvalue weighted by Crippen LogP contribution is 2.43. The van der Waals surface area contributed by atoms with Crippen LogP contribution in [0.2, 0.25) is 0 Å². The molecule has 2 N–H and O–H groups in total. The number of halogens is 2. The molecule has 1 atom stereocenters. The second kappa shape index (κ2) is 3.04. The van der Waals surface area contributed by atoms with Gasteiger partial charge in [-0.2, -0.15) is 0 Å². The van der Waals surface area contributed by atoms with Gasteiger partial charge in [0, 0.05) is 0 Å². The van der Waals surface area contributed by atoms with Gasteiger partial charge in [0.05, 0.1) is 5.88 Å². The Morgan fingerprint density at radius 1 is 1.62 bits per heavy atom. The molecular formula is C2H5Cl2O3P. The zero-order valence-electron chi connectivity index (χ0n) is 3.79. The summed E-state index contributed by atoms with van der Waals surface area (Å²) in [5, 5.41) is -1.25. The van der Waals surface area contributed by atoms with Crippen molar-refractivity contribution in [3.8, 4) is 0 Å². The molecule has 0 fully saturated rings. The first kappa shape index (κ1) is 8.73. The van der Waals surface area contributed by atoms with Crippen molar-refractivity contribution < 1.29 is 14.4 Å². The van der Waals surface area contributed by atoms with Gasteiger partial charge < -0.3 is 9.79 Å². The summed E-state index contributed by atoms with van der Waals surface area (Å²) in [4.78, 5) is 16.4. The Morgan fingerprint density at radius 2 is 2.00 bits per heavy atom. The largest absolute Gasteiger partial charge is 0.344 e. The first-order valence-electron chi connectivity index (χ1n) is 1.73. The predicted molar refractivity (Wildman–Crippen MR) is 32.4 cm³/mol. The number of hydrogen-bond donors (Lipinski definition) is 2. The Morgan fingerprint density at radius 3 is 2.00 bits per heavy atom. The van der Waals surface area contributed by atoms with Gasteiger partial charge in [0.1, 0.15) is 5.12 Å². The molecule has 0 heterocycles. The van der Waals surface area contributed by atoms with Gasteiger partial charge in [-0.1, -0.05) is 0 Å². The van der Waals surface area contributed by atoms with Crippen molar-refractivity contribution in [2.75, 3.05) is 5.88 Å². The molecule has 0 radical (unpaired) electrons. The molecule has 0 saturated heterocycles. The van der Waals surface area contributed by atoms with Crippen molar-refractivity contribution in [1.29, 1.82) is 0 Å². The van der Waals surface area contributed by atoms with Crippen LogP contribution in [0, 0.1) is 0 Å². The second-order valence-electron chi connectivity index (χ2n) is 1.18. The van der Waals surface area contributed by atoms with Gasteiger partial charge in [-0.05, 0) is 0 Å². The fraction of sp³-hybridized carbons (Fsp3) is 1.00. The van der Waals surface area contributed by atoms with Crippen LogP contribution in [0.5, 0.6) is 0 Å². The third kappa shape index (κ3) is 2.90. The topological polar surface area (TPSA) is 57.5 Å². The second-order valence-corrected chi connectivity index (χ2v) is 4.12. The average Bonchev–Trinajstić information content (AvgIpc) is 1.62. The molecule has 1 unspecified atom stereocenters. The van der Waals surface area contributed by atoms with E-state index < -0.39 is 12.7 Å². The minimum absolute atomic E-state index is 0.230. The summed E-state index contributed by atoms with van der Waals surface area (Å²) in [7, 11) is -4.12. The Labute approximate surface area is 56.8 Å². The molecule has 0 amide bonds. The van der Waals surface area contributed by atoms with Gasteiger partial charge in [-0.15, -0.1) is 23.2 Å². The van der Waals surface area contributed by atoms with Crippen LogP contribution < -0.4 is 0 Å². The summed E-state index contributed by atoms with van der Waals surface area (Å²) in [6, 6.07) is 0. The van der Waals surface area contributed by atoms with Crippen LogP contribution in [0.4, 0.5) is 0 Å². The smallest absolute Gasteiger partial charge is 0.323 e. The molecule has 0 aromatic rings. The molecule has 0 aromatic carbocycles. The highest BCUT2D eigenvalue weighted by atomic mass is 35.5. The quantitative estimate of drug-likeness (QED) is 0.490. The minimum atomic E-state index is -4.12. The molecule has 0 spiro atoms. The molecule has 6 heteroatoms. The van der Waals surface area contributed by atoms with E-state index in [1.54, 1.807) is 0 Å². The van der Waals surface area contributed by atoms with Crippen molar-refractivity contribution in [2.24, 2.45) is 0 Å². The van der Waals surface area contributed by atoms with E-state index >= 15 is 0 Å². The van der Waals surface area contributed by atoms with Gasteiger partial charge in [-0.3, -0.25) is 4.57 Å². The monoisotopic (exact) mass is 178 g/mol. The number of rotatable bonds is 2. The third-order valence-electron chi connectivity index (χ3n) is 0.492. The zero-order valence-corrected chi connectivity index (χ0v) is 6.20. The molecule has 0 rings (SSSR count). The zero-order chi connectivity index (χ0) is 6.78. The molecule has 50 valence electrons. The normalized spacial score (nSPS) is 16.0. The lowest BCUT2D eigenvalue weighted by Crippen LogP contribution is -1.99. The SMILES string of the molecule is O=P(O)(O)C(Cl)CCl. The van der Waals surface area contributed by atoms with Crippen molar-refractivity contribution in [3.63, 3.8) is 0 Å². The average molecular weight is 179 g/mol. The van der Waals surface area contributed by atoms with Crippen LogP contribution in [0.15, 0.2) is 0 Å². The molecular weight excluding hydrogens is 174 g/mol. The highest BCUT2D eigenvalue weighted by molar-refractivity contribution is 7.54. The van der Waals surface area contributed by atoms with Gasteiger partial charge in [0.2, 0.25) is 0 Å². The van der Waals surface area contributed by atoms with E-state index in [1.165, 1.54) is 0 Å². The predicted octanol–water partition coefficient (Wildman–Crippen LogP) is 0.968. The lowest BCUT2D eigenvalue weighted by Gasteiger charge is -2.05. The lowest BCUT2D eigenvalue weighted by molar-refractivity contribution is 0.371. The van der Waals surface area contributed by atoms with Crippen LogP contribution >= 0.6 is 30.8 Å². The summed E-state index contributed by atoms with van der Waals surface area (Å²) in [6.07, 6.45) is 0.